The second-order valence-electron chi connectivity index (χ2n) is 6.69. The molecule has 0 aliphatic rings. The van der Waals surface area contributed by atoms with Crippen molar-refractivity contribution in [2.24, 2.45) is 5.92 Å². The zero-order chi connectivity index (χ0) is 21.5. The molecule has 1 unspecified atom stereocenters. The van der Waals surface area contributed by atoms with Gasteiger partial charge >= 0.3 is 5.97 Å². The summed E-state index contributed by atoms with van der Waals surface area (Å²) in [7, 11) is 0. The fourth-order valence-electron chi connectivity index (χ4n) is 2.59. The van der Waals surface area contributed by atoms with Crippen LogP contribution in [-0.4, -0.2) is 17.7 Å². The zero-order valence-corrected chi connectivity index (χ0v) is 17.1. The number of esters is 1. The van der Waals surface area contributed by atoms with Crippen molar-refractivity contribution in [2.75, 3.05) is 6.61 Å². The summed E-state index contributed by atoms with van der Waals surface area (Å²) in [5, 5.41) is 9.16. The molecule has 0 saturated heterocycles. The van der Waals surface area contributed by atoms with Crippen molar-refractivity contribution in [1.82, 2.24) is 0 Å². The molecule has 0 radical (unpaired) electrons. The lowest BCUT2D eigenvalue weighted by Crippen LogP contribution is -2.08. The monoisotopic (exact) mass is 424 g/mol. The molecule has 0 aliphatic heterocycles. The smallest absolute Gasteiger partial charge is 0.343 e. The van der Waals surface area contributed by atoms with Crippen molar-refractivity contribution in [3.63, 3.8) is 0 Å². The molecule has 0 aromatic heterocycles. The molecule has 154 valence electrons. The van der Waals surface area contributed by atoms with E-state index in [9.17, 15) is 4.79 Å². The second kappa shape index (κ2) is 9.96. The first-order valence-electron chi connectivity index (χ1n) is 9.29. The average Bonchev–Trinajstić information content (AvgIpc) is 2.79. The van der Waals surface area contributed by atoms with Gasteiger partial charge in [0.1, 0.15) is 34.9 Å². The molecule has 0 aliphatic carbocycles. The topological polar surface area (TPSA) is 65.0 Å². The Kier molecular flexibility index (Phi) is 7.12. The maximum atomic E-state index is 12.2. The van der Waals surface area contributed by atoms with E-state index in [1.54, 1.807) is 36.4 Å². The number of carbonyl (C=O) groups is 1. The minimum Gasteiger partial charge on any atom is -0.462 e. The summed E-state index contributed by atoms with van der Waals surface area (Å²) in [6.07, 6.45) is 0. The molecule has 3 rings (SSSR count). The average molecular weight is 425 g/mol. The van der Waals surface area contributed by atoms with Crippen molar-refractivity contribution < 1.29 is 23.7 Å². The summed E-state index contributed by atoms with van der Waals surface area (Å²) in [6, 6.07) is 21.1. The van der Waals surface area contributed by atoms with Gasteiger partial charge in [-0.3, -0.25) is 0 Å². The predicted molar refractivity (Wildman–Crippen MR) is 116 cm³/mol. The van der Waals surface area contributed by atoms with Gasteiger partial charge in [0.25, 0.3) is 0 Å². The summed E-state index contributed by atoms with van der Waals surface area (Å²) in [5.41, 5.74) is 2.34. The lowest BCUT2D eigenvalue weighted by Gasteiger charge is -2.13. The largest absolute Gasteiger partial charge is 0.462 e. The van der Waals surface area contributed by atoms with E-state index >= 15 is 0 Å². The number of rotatable bonds is 8. The lowest BCUT2D eigenvalue weighted by atomic mass is 10.1. The number of hydrogen-bond acceptors (Lipinski definition) is 5. The van der Waals surface area contributed by atoms with E-state index < -0.39 is 5.97 Å². The van der Waals surface area contributed by atoms with Gasteiger partial charge in [-0.1, -0.05) is 37.8 Å². The first-order valence-corrected chi connectivity index (χ1v) is 9.60. The van der Waals surface area contributed by atoms with Crippen LogP contribution in [0, 0.1) is 5.92 Å². The summed E-state index contributed by atoms with van der Waals surface area (Å²) < 4.78 is 15.6. The van der Waals surface area contributed by atoms with Crippen LogP contribution in [0.5, 0.6) is 17.2 Å². The van der Waals surface area contributed by atoms with Gasteiger partial charge in [0.05, 0.1) is 12.2 Å². The summed E-state index contributed by atoms with van der Waals surface area (Å²) in [6.45, 7) is 5.66. The summed E-state index contributed by atoms with van der Waals surface area (Å²) >= 11 is 5.27. The molecule has 3 aromatic rings. The highest BCUT2D eigenvalue weighted by atomic mass is 35.5. The second-order valence-corrected chi connectivity index (χ2v) is 6.85. The van der Waals surface area contributed by atoms with Gasteiger partial charge < -0.3 is 18.9 Å². The van der Waals surface area contributed by atoms with Gasteiger partial charge in [-0.2, -0.15) is 0 Å². The molecule has 0 saturated carbocycles. The van der Waals surface area contributed by atoms with Gasteiger partial charge in [-0.25, -0.2) is 4.79 Å². The summed E-state index contributed by atoms with van der Waals surface area (Å²) in [4.78, 5) is 12.2. The third-order valence-electron chi connectivity index (χ3n) is 4.50. The molecule has 3 aromatic carbocycles. The highest BCUT2D eigenvalue weighted by molar-refractivity contribution is 6.09. The van der Waals surface area contributed by atoms with Crippen LogP contribution in [0.25, 0.3) is 11.1 Å². The Morgan fingerprint density at radius 3 is 1.80 bits per heavy atom. The minimum absolute atomic E-state index is 0.0129. The molecule has 0 fully saturated rings. The van der Waals surface area contributed by atoms with Crippen molar-refractivity contribution in [2.45, 2.75) is 6.92 Å². The minimum atomic E-state index is -0.470. The third-order valence-corrected chi connectivity index (χ3v) is 4.68. The molecule has 1 atom stereocenters. The van der Waals surface area contributed by atoms with E-state index in [2.05, 4.69) is 10.9 Å². The third kappa shape index (κ3) is 5.41. The maximum Gasteiger partial charge on any atom is 0.343 e. The van der Waals surface area contributed by atoms with E-state index in [0.29, 0.717) is 28.6 Å². The number of benzene rings is 3. The van der Waals surface area contributed by atoms with Gasteiger partial charge in [-0.05, 0) is 59.7 Å². The van der Waals surface area contributed by atoms with Crippen LogP contribution in [0.4, 0.5) is 0 Å². The predicted octanol–water partition coefficient (Wildman–Crippen LogP) is 5.63. The van der Waals surface area contributed by atoms with Gasteiger partial charge in [-0.15, -0.1) is 0 Å². The lowest BCUT2D eigenvalue weighted by molar-refractivity contribution is 0.0735. The first kappa shape index (κ1) is 21.4. The number of aliphatic hydroxyl groups is 1. The summed E-state index contributed by atoms with van der Waals surface area (Å²) in [5.74, 6) is 1.45. The quantitative estimate of drug-likeness (QED) is 0.288. The number of aliphatic hydroxyl groups excluding tert-OH is 1. The maximum absolute atomic E-state index is 12.2. The highest BCUT2D eigenvalue weighted by Gasteiger charge is 2.10. The van der Waals surface area contributed by atoms with Gasteiger partial charge in [0.15, 0.2) is 0 Å². The Hall–Kier alpha value is -3.28. The molecule has 0 bridgehead atoms. The standard InChI is InChI=1S/C24H21ClO5/c1-16(15-26)17(2)28-21-9-3-18(4-10-21)19-5-11-22(12-6-19)29-24(27)20-7-13-23(30-25)14-8-20/h3-14,16,26H,2,15H2,1H3. The van der Waals surface area contributed by atoms with Gasteiger partial charge in [0, 0.05) is 5.92 Å². The van der Waals surface area contributed by atoms with Crippen molar-refractivity contribution in [3.8, 4) is 28.4 Å². The fraction of sp³-hybridized carbons (Fsp3) is 0.125. The molecule has 0 heterocycles. The van der Waals surface area contributed by atoms with E-state index in [4.69, 9.17) is 26.4 Å². The Morgan fingerprint density at radius 2 is 1.33 bits per heavy atom. The fourth-order valence-corrected chi connectivity index (χ4v) is 2.70. The van der Waals surface area contributed by atoms with Crippen LogP contribution in [0.2, 0.25) is 0 Å². The molecular formula is C24H21ClO5. The Balaban J connectivity index is 1.63. The van der Waals surface area contributed by atoms with Crippen LogP contribution in [0.3, 0.4) is 0 Å². The Labute approximate surface area is 180 Å². The van der Waals surface area contributed by atoms with Crippen molar-refractivity contribution >= 4 is 17.8 Å². The normalized spacial score (nSPS) is 11.4. The molecule has 1 N–H and O–H groups in total. The number of carbonyl (C=O) groups excluding carboxylic acids is 1. The number of hydrogen-bond donors (Lipinski definition) is 1. The molecule has 0 spiro atoms. The van der Waals surface area contributed by atoms with E-state index in [0.717, 1.165) is 11.1 Å². The number of halogens is 1. The molecule has 0 amide bonds. The van der Waals surface area contributed by atoms with E-state index in [-0.39, 0.29) is 12.5 Å². The van der Waals surface area contributed by atoms with Crippen LogP contribution >= 0.6 is 11.9 Å². The van der Waals surface area contributed by atoms with Crippen LogP contribution in [-0.2, 0) is 0 Å². The number of ether oxygens (including phenoxy) is 2. The molecule has 5 nitrogen and oxygen atoms in total. The van der Waals surface area contributed by atoms with Crippen LogP contribution in [0.15, 0.2) is 85.1 Å². The van der Waals surface area contributed by atoms with E-state index in [1.165, 1.54) is 0 Å². The first-order chi connectivity index (χ1) is 14.5. The SMILES string of the molecule is C=C(Oc1ccc(-c2ccc(OC(=O)c3ccc(OCl)cc3)cc2)cc1)C(C)CO. The molecule has 6 heteroatoms. The molecule has 30 heavy (non-hydrogen) atoms. The van der Waals surface area contributed by atoms with Crippen LogP contribution < -0.4 is 13.8 Å². The van der Waals surface area contributed by atoms with Gasteiger partial charge in [0.2, 0.25) is 0 Å². The Bertz CT molecular complexity index is 995. The highest BCUT2D eigenvalue weighted by Crippen LogP contribution is 2.26. The van der Waals surface area contributed by atoms with Crippen molar-refractivity contribution in [3.05, 3.63) is 90.7 Å². The molecular weight excluding hydrogens is 404 g/mol. The van der Waals surface area contributed by atoms with E-state index in [1.807, 2.05) is 43.3 Å². The van der Waals surface area contributed by atoms with Crippen LogP contribution in [0.1, 0.15) is 17.3 Å². The zero-order valence-electron chi connectivity index (χ0n) is 16.4. The Morgan fingerprint density at radius 1 is 0.867 bits per heavy atom. The van der Waals surface area contributed by atoms with Crippen molar-refractivity contribution in [1.29, 1.82) is 0 Å².